The predicted molar refractivity (Wildman–Crippen MR) is 64.4 cm³/mol. The normalized spacial score (nSPS) is 11.2. The fraction of sp³-hybridized carbons (Fsp3) is 0.500. The van der Waals surface area contributed by atoms with Gasteiger partial charge in [0.05, 0.1) is 25.2 Å². The number of alkyl carbamates (subject to hydrolysis) is 1. The van der Waals surface area contributed by atoms with E-state index in [0.717, 1.165) is 0 Å². The number of sulfonamides is 1. The number of rotatable bonds is 7. The van der Waals surface area contributed by atoms with Crippen molar-refractivity contribution in [3.8, 4) is 0 Å². The summed E-state index contributed by atoms with van der Waals surface area (Å²) in [4.78, 5) is 10.9. The maximum absolute atomic E-state index is 11.5. The van der Waals surface area contributed by atoms with Gasteiger partial charge in [-0.05, 0) is 19.1 Å². The summed E-state index contributed by atoms with van der Waals surface area (Å²) < 4.78 is 35.0. The molecule has 0 bridgehead atoms. The molecule has 1 aromatic heterocycles. The first-order valence-corrected chi connectivity index (χ1v) is 7.09. The summed E-state index contributed by atoms with van der Waals surface area (Å²) in [6, 6.07) is 3.34. The minimum Gasteiger partial charge on any atom is -0.468 e. The van der Waals surface area contributed by atoms with Gasteiger partial charge in [0.25, 0.3) is 0 Å². The predicted octanol–water partition coefficient (Wildman–Crippen LogP) is 0.445. The summed E-state index contributed by atoms with van der Waals surface area (Å²) in [6.45, 7) is 2.00. The van der Waals surface area contributed by atoms with Gasteiger partial charge in [0, 0.05) is 6.54 Å². The van der Waals surface area contributed by atoms with Gasteiger partial charge in [-0.1, -0.05) is 0 Å². The summed E-state index contributed by atoms with van der Waals surface area (Å²) in [7, 11) is -3.45. The zero-order valence-electron chi connectivity index (χ0n) is 10.0. The minimum atomic E-state index is -3.45. The number of ether oxygens (including phenoxy) is 1. The van der Waals surface area contributed by atoms with Crippen molar-refractivity contribution >= 4 is 16.1 Å². The first-order chi connectivity index (χ1) is 8.53. The van der Waals surface area contributed by atoms with E-state index in [4.69, 9.17) is 4.42 Å². The Labute approximate surface area is 106 Å². The lowest BCUT2D eigenvalue weighted by atomic mass is 10.5. The lowest BCUT2D eigenvalue weighted by Crippen LogP contribution is -2.34. The van der Waals surface area contributed by atoms with Gasteiger partial charge >= 0.3 is 6.09 Å². The summed E-state index contributed by atoms with van der Waals surface area (Å²) in [5.74, 6) is 0.309. The fourth-order valence-corrected chi connectivity index (χ4v) is 2.01. The second-order valence-corrected chi connectivity index (χ2v) is 5.29. The third kappa shape index (κ3) is 5.69. The van der Waals surface area contributed by atoms with Crippen molar-refractivity contribution in [3.63, 3.8) is 0 Å². The van der Waals surface area contributed by atoms with E-state index in [0.29, 0.717) is 5.76 Å². The number of hydrogen-bond acceptors (Lipinski definition) is 5. The molecule has 0 saturated heterocycles. The Bertz CT molecular complexity index is 455. The third-order valence-corrected chi connectivity index (χ3v) is 3.29. The van der Waals surface area contributed by atoms with E-state index >= 15 is 0 Å². The molecule has 7 nitrogen and oxygen atoms in total. The molecule has 0 fully saturated rings. The van der Waals surface area contributed by atoms with Crippen molar-refractivity contribution in [2.24, 2.45) is 0 Å². The summed E-state index contributed by atoms with van der Waals surface area (Å²) >= 11 is 0. The number of carbonyl (C=O) groups excluding carboxylic acids is 1. The molecule has 0 unspecified atom stereocenters. The minimum absolute atomic E-state index is 0.00762. The number of amides is 1. The average Bonchev–Trinajstić information content (AvgIpc) is 2.79. The van der Waals surface area contributed by atoms with E-state index < -0.39 is 16.1 Å². The lowest BCUT2D eigenvalue weighted by Gasteiger charge is -2.06. The molecule has 0 aliphatic carbocycles. The zero-order valence-corrected chi connectivity index (χ0v) is 10.8. The van der Waals surface area contributed by atoms with E-state index in [9.17, 15) is 13.2 Å². The Morgan fingerprint density at radius 3 is 2.89 bits per heavy atom. The molecule has 0 saturated carbocycles. The highest BCUT2D eigenvalue weighted by molar-refractivity contribution is 7.89. The highest BCUT2D eigenvalue weighted by Crippen LogP contribution is 1.99. The first kappa shape index (κ1) is 14.5. The zero-order chi connectivity index (χ0) is 13.4. The molecular formula is C10H16N2O5S. The van der Waals surface area contributed by atoms with Crippen LogP contribution in [0, 0.1) is 0 Å². The molecule has 0 spiro atoms. The third-order valence-electron chi connectivity index (χ3n) is 1.96. The molecule has 1 heterocycles. The van der Waals surface area contributed by atoms with Crippen LogP contribution in [0.4, 0.5) is 4.79 Å². The van der Waals surface area contributed by atoms with Gasteiger partial charge in [0.15, 0.2) is 0 Å². The molecule has 1 aromatic rings. The van der Waals surface area contributed by atoms with Gasteiger partial charge in [-0.25, -0.2) is 17.9 Å². The molecule has 0 aliphatic rings. The van der Waals surface area contributed by atoms with Crippen LogP contribution >= 0.6 is 0 Å². The van der Waals surface area contributed by atoms with E-state index in [2.05, 4.69) is 14.8 Å². The molecule has 1 rings (SSSR count). The first-order valence-electron chi connectivity index (χ1n) is 5.44. The SMILES string of the molecule is CCOC(=O)NCCS(=O)(=O)NCc1ccco1. The topological polar surface area (TPSA) is 97.6 Å². The van der Waals surface area contributed by atoms with Crippen molar-refractivity contribution < 1.29 is 22.4 Å². The van der Waals surface area contributed by atoms with E-state index in [1.807, 2.05) is 0 Å². The van der Waals surface area contributed by atoms with Crippen molar-refractivity contribution in [2.75, 3.05) is 18.9 Å². The molecule has 18 heavy (non-hydrogen) atoms. The van der Waals surface area contributed by atoms with Gasteiger partial charge in [-0.2, -0.15) is 0 Å². The molecule has 0 atom stereocenters. The molecule has 8 heteroatoms. The maximum atomic E-state index is 11.5. The van der Waals surface area contributed by atoms with Crippen LogP contribution in [0.5, 0.6) is 0 Å². The van der Waals surface area contributed by atoms with Gasteiger partial charge in [-0.3, -0.25) is 0 Å². The van der Waals surface area contributed by atoms with Crippen LogP contribution in [-0.2, 0) is 21.3 Å². The van der Waals surface area contributed by atoms with Crippen LogP contribution in [-0.4, -0.2) is 33.4 Å². The summed E-state index contributed by atoms with van der Waals surface area (Å²) in [5.41, 5.74) is 0. The maximum Gasteiger partial charge on any atom is 0.407 e. The van der Waals surface area contributed by atoms with Crippen LogP contribution in [0.15, 0.2) is 22.8 Å². The van der Waals surface area contributed by atoms with E-state index in [1.165, 1.54) is 6.26 Å². The van der Waals surface area contributed by atoms with Crippen molar-refractivity contribution in [3.05, 3.63) is 24.2 Å². The highest BCUT2D eigenvalue weighted by atomic mass is 32.2. The smallest absolute Gasteiger partial charge is 0.407 e. The Kier molecular flexibility index (Phi) is 5.66. The lowest BCUT2D eigenvalue weighted by molar-refractivity contribution is 0.153. The quantitative estimate of drug-likeness (QED) is 0.753. The molecule has 0 radical (unpaired) electrons. The largest absolute Gasteiger partial charge is 0.468 e. The van der Waals surface area contributed by atoms with Gasteiger partial charge < -0.3 is 14.5 Å². The Balaban J connectivity index is 2.25. The van der Waals surface area contributed by atoms with Crippen molar-refractivity contribution in [2.45, 2.75) is 13.5 Å². The van der Waals surface area contributed by atoms with E-state index in [1.54, 1.807) is 19.1 Å². The molecular weight excluding hydrogens is 260 g/mol. The van der Waals surface area contributed by atoms with Crippen LogP contribution in [0.2, 0.25) is 0 Å². The van der Waals surface area contributed by atoms with Crippen molar-refractivity contribution in [1.82, 2.24) is 10.0 Å². The van der Waals surface area contributed by atoms with Crippen LogP contribution in [0.1, 0.15) is 12.7 Å². The standard InChI is InChI=1S/C10H16N2O5S/c1-2-16-10(13)11-5-7-18(14,15)12-8-9-4-3-6-17-9/h3-4,6,12H,2,5,7-8H2,1H3,(H,11,13). The van der Waals surface area contributed by atoms with Crippen LogP contribution < -0.4 is 10.0 Å². The van der Waals surface area contributed by atoms with Crippen molar-refractivity contribution in [1.29, 1.82) is 0 Å². The molecule has 0 aromatic carbocycles. The monoisotopic (exact) mass is 276 g/mol. The summed E-state index contributed by atoms with van der Waals surface area (Å²) in [5, 5.41) is 2.33. The number of hydrogen-bond donors (Lipinski definition) is 2. The van der Waals surface area contributed by atoms with Gasteiger partial charge in [0.1, 0.15) is 5.76 Å². The van der Waals surface area contributed by atoms with Crippen LogP contribution in [0.25, 0.3) is 0 Å². The summed E-state index contributed by atoms with van der Waals surface area (Å²) in [6.07, 6.45) is 0.838. The molecule has 0 aliphatic heterocycles. The van der Waals surface area contributed by atoms with Gasteiger partial charge in [-0.15, -0.1) is 0 Å². The Hall–Kier alpha value is -1.54. The van der Waals surface area contributed by atoms with Gasteiger partial charge in [0.2, 0.25) is 10.0 Å². The highest BCUT2D eigenvalue weighted by Gasteiger charge is 2.11. The van der Waals surface area contributed by atoms with E-state index in [-0.39, 0.29) is 25.4 Å². The Morgan fingerprint density at radius 1 is 1.50 bits per heavy atom. The fourth-order valence-electron chi connectivity index (χ4n) is 1.14. The molecule has 2 N–H and O–H groups in total. The number of nitrogens with one attached hydrogen (secondary N) is 2. The molecule has 1 amide bonds. The second-order valence-electron chi connectivity index (χ2n) is 3.37. The molecule has 102 valence electrons. The second kappa shape index (κ2) is 7.02. The number of furan rings is 1. The van der Waals surface area contributed by atoms with Crippen LogP contribution in [0.3, 0.4) is 0 Å². The number of carbonyl (C=O) groups is 1. The average molecular weight is 276 g/mol. The Morgan fingerprint density at radius 2 is 2.28 bits per heavy atom.